The lowest BCUT2D eigenvalue weighted by molar-refractivity contribution is -0.688. The van der Waals surface area contributed by atoms with Crippen molar-refractivity contribution in [2.24, 2.45) is 0 Å². The van der Waals surface area contributed by atoms with Crippen LogP contribution in [-0.2, 0) is 17.8 Å². The van der Waals surface area contributed by atoms with E-state index in [0.29, 0.717) is 13.0 Å². The molecule has 0 atom stereocenters. The number of aryl methyl sites for hydroxylation is 2. The van der Waals surface area contributed by atoms with Crippen LogP contribution in [0.2, 0.25) is 0 Å². The summed E-state index contributed by atoms with van der Waals surface area (Å²) in [5, 5.41) is 3.13. The number of pyridine rings is 1. The van der Waals surface area contributed by atoms with Gasteiger partial charge in [0.1, 0.15) is 5.75 Å². The van der Waals surface area contributed by atoms with Gasteiger partial charge in [0.2, 0.25) is 5.91 Å². The van der Waals surface area contributed by atoms with Crippen molar-refractivity contribution in [1.82, 2.24) is 0 Å². The van der Waals surface area contributed by atoms with Crippen LogP contribution in [0.5, 0.6) is 5.75 Å². The van der Waals surface area contributed by atoms with Crippen LogP contribution in [0.3, 0.4) is 0 Å². The SMILES string of the molecule is CCCCCCCCCCCCCCOc1cccc(CC(=O)Nc2ccccc2C[n+]2ccc(C)c(C)c2)c1. The molecule has 1 heterocycles. The normalized spacial score (nSPS) is 11.0. The van der Waals surface area contributed by atoms with Crippen LogP contribution >= 0.6 is 0 Å². The van der Waals surface area contributed by atoms with E-state index in [-0.39, 0.29) is 5.91 Å². The monoisotopic (exact) mass is 543 g/mol. The lowest BCUT2D eigenvalue weighted by atomic mass is 10.1. The third kappa shape index (κ3) is 11.9. The Morgan fingerprint density at radius 2 is 1.45 bits per heavy atom. The molecule has 3 aromatic rings. The van der Waals surface area contributed by atoms with Crippen molar-refractivity contribution >= 4 is 11.6 Å². The van der Waals surface area contributed by atoms with E-state index in [9.17, 15) is 4.79 Å². The molecule has 1 N–H and O–H groups in total. The van der Waals surface area contributed by atoms with E-state index in [2.05, 4.69) is 55.2 Å². The van der Waals surface area contributed by atoms with Gasteiger partial charge in [-0.3, -0.25) is 4.79 Å². The molecule has 0 bridgehead atoms. The Kier molecular flexibility index (Phi) is 14.3. The minimum absolute atomic E-state index is 0.0179. The highest BCUT2D eigenvalue weighted by Crippen LogP contribution is 2.18. The Morgan fingerprint density at radius 1 is 0.775 bits per heavy atom. The second-order valence-electron chi connectivity index (χ2n) is 11.3. The van der Waals surface area contributed by atoms with E-state index in [1.165, 1.54) is 81.8 Å². The second-order valence-corrected chi connectivity index (χ2v) is 11.3. The topological polar surface area (TPSA) is 42.2 Å². The molecular formula is C36H51N2O2+. The van der Waals surface area contributed by atoms with E-state index in [4.69, 9.17) is 4.74 Å². The van der Waals surface area contributed by atoms with Gasteiger partial charge < -0.3 is 10.1 Å². The van der Waals surface area contributed by atoms with E-state index in [1.54, 1.807) is 0 Å². The molecular weight excluding hydrogens is 492 g/mol. The molecule has 1 amide bonds. The number of carbonyl (C=O) groups is 1. The largest absolute Gasteiger partial charge is 0.494 e. The fourth-order valence-electron chi connectivity index (χ4n) is 5.07. The number of ether oxygens (including phenoxy) is 1. The summed E-state index contributed by atoms with van der Waals surface area (Å²) in [5.41, 5.74) is 5.44. The minimum atomic E-state index is -0.0179. The van der Waals surface area contributed by atoms with Crippen molar-refractivity contribution in [3.8, 4) is 5.75 Å². The quantitative estimate of drug-likeness (QED) is 0.121. The summed E-state index contributed by atoms with van der Waals surface area (Å²) >= 11 is 0. The van der Waals surface area contributed by atoms with Gasteiger partial charge in [-0.15, -0.1) is 0 Å². The van der Waals surface area contributed by atoms with E-state index < -0.39 is 0 Å². The summed E-state index contributed by atoms with van der Waals surface area (Å²) in [5.74, 6) is 0.829. The van der Waals surface area contributed by atoms with Crippen LogP contribution < -0.4 is 14.6 Å². The van der Waals surface area contributed by atoms with Gasteiger partial charge in [-0.1, -0.05) is 108 Å². The van der Waals surface area contributed by atoms with Crippen LogP contribution in [0.15, 0.2) is 67.0 Å². The number of anilines is 1. The molecule has 0 aliphatic carbocycles. The Balaban J connectivity index is 1.35. The summed E-state index contributed by atoms with van der Waals surface area (Å²) in [6, 6.07) is 18.1. The Labute approximate surface area is 243 Å². The van der Waals surface area contributed by atoms with E-state index in [1.807, 2.05) is 42.5 Å². The number of carbonyl (C=O) groups excluding carboxylic acids is 1. The van der Waals surface area contributed by atoms with Gasteiger partial charge in [-0.05, 0) is 49.6 Å². The van der Waals surface area contributed by atoms with Crippen LogP contribution in [0.1, 0.15) is 106 Å². The average molecular weight is 544 g/mol. The first-order valence-electron chi connectivity index (χ1n) is 15.6. The van der Waals surface area contributed by atoms with Gasteiger partial charge in [-0.25, -0.2) is 4.57 Å². The summed E-state index contributed by atoms with van der Waals surface area (Å²) in [6.07, 6.45) is 20.6. The molecule has 0 fully saturated rings. The first-order chi connectivity index (χ1) is 19.5. The average Bonchev–Trinajstić information content (AvgIpc) is 2.94. The zero-order chi connectivity index (χ0) is 28.4. The van der Waals surface area contributed by atoms with Crippen molar-refractivity contribution in [2.45, 2.75) is 111 Å². The number of unbranched alkanes of at least 4 members (excludes halogenated alkanes) is 11. The standard InChI is InChI=1S/C36H50N2O2/c1-4-5-6-7-8-9-10-11-12-13-14-17-25-40-34-21-18-19-32(26-34)27-36(39)37-35-22-16-15-20-33(35)29-38-24-23-30(2)31(3)28-38/h15-16,18-24,26,28H,4-14,17,25,27,29H2,1-3H3/p+1. The molecule has 4 heteroatoms. The number of benzene rings is 2. The lowest BCUT2D eigenvalue weighted by Gasteiger charge is -2.11. The lowest BCUT2D eigenvalue weighted by Crippen LogP contribution is -2.34. The van der Waals surface area contributed by atoms with Crippen molar-refractivity contribution < 1.29 is 14.1 Å². The van der Waals surface area contributed by atoms with Gasteiger partial charge in [0.15, 0.2) is 18.9 Å². The smallest absolute Gasteiger partial charge is 0.228 e. The Hall–Kier alpha value is -3.14. The zero-order valence-corrected chi connectivity index (χ0v) is 25.2. The van der Waals surface area contributed by atoms with Gasteiger partial charge >= 0.3 is 0 Å². The summed E-state index contributed by atoms with van der Waals surface area (Å²) < 4.78 is 8.16. The molecule has 0 aliphatic heterocycles. The third-order valence-electron chi connectivity index (χ3n) is 7.67. The highest BCUT2D eigenvalue weighted by molar-refractivity contribution is 5.93. The maximum atomic E-state index is 12.9. The number of amides is 1. The molecule has 3 rings (SSSR count). The minimum Gasteiger partial charge on any atom is -0.494 e. The molecule has 0 saturated carbocycles. The molecule has 0 spiro atoms. The molecule has 216 valence electrons. The molecule has 2 aromatic carbocycles. The van der Waals surface area contributed by atoms with Crippen LogP contribution in [0.4, 0.5) is 5.69 Å². The van der Waals surface area contributed by atoms with Crippen molar-refractivity contribution in [3.63, 3.8) is 0 Å². The first kappa shape index (κ1) is 31.4. The highest BCUT2D eigenvalue weighted by atomic mass is 16.5. The fourth-order valence-corrected chi connectivity index (χ4v) is 5.07. The molecule has 0 aliphatic rings. The molecule has 0 unspecified atom stereocenters. The number of hydrogen-bond acceptors (Lipinski definition) is 2. The number of hydrogen-bond donors (Lipinski definition) is 1. The fraction of sp³-hybridized carbons (Fsp3) is 0.500. The Morgan fingerprint density at radius 3 is 2.15 bits per heavy atom. The number of nitrogens with one attached hydrogen (secondary N) is 1. The van der Waals surface area contributed by atoms with Crippen LogP contribution in [0, 0.1) is 13.8 Å². The second kappa shape index (κ2) is 18.3. The van der Waals surface area contributed by atoms with Crippen LogP contribution in [0.25, 0.3) is 0 Å². The van der Waals surface area contributed by atoms with E-state index in [0.717, 1.165) is 35.6 Å². The summed E-state index contributed by atoms with van der Waals surface area (Å²) in [6.45, 7) is 7.96. The number of para-hydroxylation sites is 1. The first-order valence-corrected chi connectivity index (χ1v) is 15.6. The maximum Gasteiger partial charge on any atom is 0.228 e. The Bertz CT molecular complexity index is 1160. The summed E-state index contributed by atoms with van der Waals surface area (Å²) in [7, 11) is 0. The van der Waals surface area contributed by atoms with Crippen molar-refractivity contribution in [3.05, 3.63) is 89.2 Å². The summed E-state index contributed by atoms with van der Waals surface area (Å²) in [4.78, 5) is 12.9. The highest BCUT2D eigenvalue weighted by Gasteiger charge is 2.12. The van der Waals surface area contributed by atoms with Crippen LogP contribution in [-0.4, -0.2) is 12.5 Å². The number of aromatic nitrogens is 1. The van der Waals surface area contributed by atoms with Crippen molar-refractivity contribution in [1.29, 1.82) is 0 Å². The maximum absolute atomic E-state index is 12.9. The van der Waals surface area contributed by atoms with Gasteiger partial charge in [-0.2, -0.15) is 0 Å². The zero-order valence-electron chi connectivity index (χ0n) is 25.2. The predicted octanol–water partition coefficient (Wildman–Crippen LogP) is 8.90. The van der Waals surface area contributed by atoms with E-state index >= 15 is 0 Å². The van der Waals surface area contributed by atoms with Gasteiger partial charge in [0.25, 0.3) is 0 Å². The number of nitrogens with zero attached hydrogens (tertiary/aromatic N) is 1. The molecule has 0 saturated heterocycles. The third-order valence-corrected chi connectivity index (χ3v) is 7.67. The van der Waals surface area contributed by atoms with Gasteiger partial charge in [0, 0.05) is 17.2 Å². The van der Waals surface area contributed by atoms with Gasteiger partial charge in [0.05, 0.1) is 18.7 Å². The number of rotatable bonds is 19. The predicted molar refractivity (Wildman–Crippen MR) is 167 cm³/mol. The van der Waals surface area contributed by atoms with Crippen molar-refractivity contribution in [2.75, 3.05) is 11.9 Å². The molecule has 4 nitrogen and oxygen atoms in total. The molecule has 1 aromatic heterocycles. The molecule has 40 heavy (non-hydrogen) atoms. The molecule has 0 radical (unpaired) electrons.